The van der Waals surface area contributed by atoms with E-state index >= 15 is 0 Å². The smallest absolute Gasteiger partial charge is 0.271 e. The number of nitro benzene ring substituents is 1. The van der Waals surface area contributed by atoms with Gasteiger partial charge in [0.05, 0.1) is 10.6 Å². The average molecular weight is 346 g/mol. The van der Waals surface area contributed by atoms with E-state index in [1.54, 1.807) is 6.07 Å². The minimum absolute atomic E-state index is 0.0699. The maximum absolute atomic E-state index is 10.8. The number of hydrogen-bond donors (Lipinski definition) is 2. The van der Waals surface area contributed by atoms with Crippen LogP contribution >= 0.6 is 15.9 Å². The summed E-state index contributed by atoms with van der Waals surface area (Å²) in [5, 5.41) is 15.2. The van der Waals surface area contributed by atoms with Crippen molar-refractivity contribution in [3.63, 3.8) is 0 Å². The lowest BCUT2D eigenvalue weighted by molar-refractivity contribution is -0.384. The highest BCUT2D eigenvalue weighted by atomic mass is 79.9. The Hall–Kier alpha value is -2.34. The number of aromatic amines is 1. The predicted molar refractivity (Wildman–Crippen MR) is 86.4 cm³/mol. The third-order valence-corrected chi connectivity index (χ3v) is 3.95. The van der Waals surface area contributed by atoms with E-state index in [1.165, 1.54) is 12.1 Å². The van der Waals surface area contributed by atoms with Crippen LogP contribution in [0.25, 0.3) is 10.9 Å². The molecule has 1 heterocycles. The lowest BCUT2D eigenvalue weighted by atomic mass is 10.1. The zero-order valence-electron chi connectivity index (χ0n) is 11.0. The van der Waals surface area contributed by atoms with E-state index < -0.39 is 4.92 Å². The van der Waals surface area contributed by atoms with Crippen LogP contribution in [0.3, 0.4) is 0 Å². The number of hydrogen-bond acceptors (Lipinski definition) is 3. The Labute approximate surface area is 129 Å². The molecule has 2 aromatic carbocycles. The van der Waals surface area contributed by atoms with Gasteiger partial charge in [-0.05, 0) is 45.1 Å². The first kappa shape index (κ1) is 13.6. The molecule has 0 amide bonds. The van der Waals surface area contributed by atoms with Crippen LogP contribution in [0.15, 0.2) is 53.1 Å². The molecule has 0 unspecified atom stereocenters. The largest absolute Gasteiger partial charge is 0.380 e. The molecule has 0 aliphatic rings. The van der Waals surface area contributed by atoms with Gasteiger partial charge in [0.1, 0.15) is 0 Å². The van der Waals surface area contributed by atoms with E-state index in [1.807, 2.05) is 24.4 Å². The van der Waals surface area contributed by atoms with Gasteiger partial charge in [-0.2, -0.15) is 0 Å². The van der Waals surface area contributed by atoms with Gasteiger partial charge in [-0.25, -0.2) is 0 Å². The Bertz CT molecular complexity index is 814. The van der Waals surface area contributed by atoms with Crippen molar-refractivity contribution in [3.8, 4) is 0 Å². The number of anilines is 1. The number of aromatic nitrogens is 1. The first-order valence-electron chi connectivity index (χ1n) is 6.37. The quantitative estimate of drug-likeness (QED) is 0.542. The van der Waals surface area contributed by atoms with E-state index in [9.17, 15) is 10.1 Å². The lowest BCUT2D eigenvalue weighted by Gasteiger charge is -2.08. The maximum atomic E-state index is 10.8. The monoisotopic (exact) mass is 345 g/mol. The SMILES string of the molecule is O=[N+]([O-])c1ccc(Br)c(NCc2ccc3cc[nH]c3c2)c1. The molecule has 1 aromatic heterocycles. The maximum Gasteiger partial charge on any atom is 0.271 e. The van der Waals surface area contributed by atoms with Crippen LogP contribution < -0.4 is 5.32 Å². The van der Waals surface area contributed by atoms with Gasteiger partial charge in [-0.3, -0.25) is 10.1 Å². The molecule has 106 valence electrons. The molecular formula is C15H12BrN3O2. The predicted octanol–water partition coefficient (Wildman–Crippen LogP) is 4.45. The van der Waals surface area contributed by atoms with Crippen molar-refractivity contribution < 1.29 is 4.92 Å². The molecule has 0 saturated heterocycles. The van der Waals surface area contributed by atoms with E-state index in [0.29, 0.717) is 12.2 Å². The first-order chi connectivity index (χ1) is 10.1. The number of nitro groups is 1. The molecule has 2 N–H and O–H groups in total. The summed E-state index contributed by atoms with van der Waals surface area (Å²) < 4.78 is 0.800. The lowest BCUT2D eigenvalue weighted by Crippen LogP contribution is -2.01. The van der Waals surface area contributed by atoms with Gasteiger partial charge in [0.25, 0.3) is 5.69 Å². The fraction of sp³-hybridized carbons (Fsp3) is 0.0667. The summed E-state index contributed by atoms with van der Waals surface area (Å²) >= 11 is 3.40. The van der Waals surface area contributed by atoms with E-state index in [0.717, 1.165) is 20.9 Å². The van der Waals surface area contributed by atoms with E-state index in [-0.39, 0.29) is 5.69 Å². The number of non-ortho nitro benzene ring substituents is 1. The Morgan fingerprint density at radius 3 is 2.86 bits per heavy atom. The van der Waals surface area contributed by atoms with Gasteiger partial charge < -0.3 is 10.3 Å². The molecule has 0 aliphatic carbocycles. The summed E-state index contributed by atoms with van der Waals surface area (Å²) in [5.74, 6) is 0. The number of nitrogens with one attached hydrogen (secondary N) is 2. The zero-order chi connectivity index (χ0) is 14.8. The summed E-state index contributed by atoms with van der Waals surface area (Å²) in [7, 11) is 0. The van der Waals surface area contributed by atoms with Crippen molar-refractivity contribution in [2.24, 2.45) is 0 Å². The Balaban J connectivity index is 1.80. The normalized spacial score (nSPS) is 10.7. The second-order valence-electron chi connectivity index (χ2n) is 4.67. The number of benzene rings is 2. The molecule has 3 rings (SSSR count). The minimum atomic E-state index is -0.400. The molecule has 6 heteroatoms. The number of fused-ring (bicyclic) bond motifs is 1. The summed E-state index contributed by atoms with van der Waals surface area (Å²) in [6.45, 7) is 0.592. The fourth-order valence-corrected chi connectivity index (χ4v) is 2.55. The van der Waals surface area contributed by atoms with Crippen LogP contribution in [-0.4, -0.2) is 9.91 Å². The molecule has 0 bridgehead atoms. The highest BCUT2D eigenvalue weighted by Crippen LogP contribution is 2.27. The minimum Gasteiger partial charge on any atom is -0.380 e. The molecule has 0 radical (unpaired) electrons. The van der Waals surface area contributed by atoms with Crippen LogP contribution in [0.5, 0.6) is 0 Å². The highest BCUT2D eigenvalue weighted by Gasteiger charge is 2.09. The Kier molecular flexibility index (Phi) is 3.62. The van der Waals surface area contributed by atoms with Crippen molar-refractivity contribution in [2.45, 2.75) is 6.54 Å². The standard InChI is InChI=1S/C15H12BrN3O2/c16-13-4-3-12(19(20)21)8-15(13)18-9-10-1-2-11-5-6-17-14(11)7-10/h1-8,17-18H,9H2. The van der Waals surface area contributed by atoms with E-state index in [2.05, 4.69) is 32.3 Å². The van der Waals surface area contributed by atoms with Gasteiger partial charge in [0.15, 0.2) is 0 Å². The van der Waals surface area contributed by atoms with Crippen LogP contribution in [0.2, 0.25) is 0 Å². The van der Waals surface area contributed by atoms with Gasteiger partial charge in [0, 0.05) is 34.9 Å². The second-order valence-corrected chi connectivity index (χ2v) is 5.53. The highest BCUT2D eigenvalue weighted by molar-refractivity contribution is 9.10. The topological polar surface area (TPSA) is 71.0 Å². The van der Waals surface area contributed by atoms with Crippen molar-refractivity contribution >= 4 is 38.2 Å². The van der Waals surface area contributed by atoms with Crippen LogP contribution in [0.4, 0.5) is 11.4 Å². The van der Waals surface area contributed by atoms with Crippen molar-refractivity contribution in [2.75, 3.05) is 5.32 Å². The number of halogens is 1. The summed E-state index contributed by atoms with van der Waals surface area (Å²) in [5.41, 5.74) is 2.95. The summed E-state index contributed by atoms with van der Waals surface area (Å²) in [6.07, 6.45) is 1.90. The molecule has 5 nitrogen and oxygen atoms in total. The molecule has 0 saturated carbocycles. The van der Waals surface area contributed by atoms with Crippen molar-refractivity contribution in [1.29, 1.82) is 0 Å². The molecular weight excluding hydrogens is 334 g/mol. The number of rotatable bonds is 4. The second kappa shape index (κ2) is 5.57. The van der Waals surface area contributed by atoms with Crippen molar-refractivity contribution in [1.82, 2.24) is 4.98 Å². The van der Waals surface area contributed by atoms with Gasteiger partial charge in [-0.15, -0.1) is 0 Å². The Morgan fingerprint density at radius 1 is 1.19 bits per heavy atom. The summed E-state index contributed by atoms with van der Waals surface area (Å²) in [4.78, 5) is 13.6. The van der Waals surface area contributed by atoms with Gasteiger partial charge >= 0.3 is 0 Å². The first-order valence-corrected chi connectivity index (χ1v) is 7.16. The van der Waals surface area contributed by atoms with Gasteiger partial charge in [0.2, 0.25) is 0 Å². The molecule has 0 fully saturated rings. The fourth-order valence-electron chi connectivity index (χ4n) is 2.16. The molecule has 0 atom stereocenters. The summed E-state index contributed by atoms with van der Waals surface area (Å²) in [6, 6.07) is 12.8. The zero-order valence-corrected chi connectivity index (χ0v) is 12.6. The van der Waals surface area contributed by atoms with Crippen molar-refractivity contribution in [3.05, 3.63) is 68.8 Å². The van der Waals surface area contributed by atoms with Crippen LogP contribution in [0.1, 0.15) is 5.56 Å². The molecule has 3 aromatic rings. The molecule has 0 spiro atoms. The average Bonchev–Trinajstić information content (AvgIpc) is 2.93. The van der Waals surface area contributed by atoms with Gasteiger partial charge in [-0.1, -0.05) is 12.1 Å². The van der Waals surface area contributed by atoms with Crippen LogP contribution in [0, 0.1) is 10.1 Å². The van der Waals surface area contributed by atoms with E-state index in [4.69, 9.17) is 0 Å². The van der Waals surface area contributed by atoms with Crippen LogP contribution in [-0.2, 0) is 6.54 Å². The third kappa shape index (κ3) is 2.90. The number of nitrogens with zero attached hydrogens (tertiary/aromatic N) is 1. The molecule has 21 heavy (non-hydrogen) atoms. The number of H-pyrrole nitrogens is 1. The Morgan fingerprint density at radius 2 is 2.05 bits per heavy atom. The third-order valence-electron chi connectivity index (χ3n) is 3.26. The molecule has 0 aliphatic heterocycles.